The molecule has 1 aromatic carbocycles. The van der Waals surface area contributed by atoms with Crippen molar-refractivity contribution >= 4 is 5.91 Å². The molecule has 2 aromatic rings. The minimum atomic E-state index is -0.311. The smallest absolute Gasteiger partial charge is 0.254 e. The van der Waals surface area contributed by atoms with Crippen LogP contribution in [0.3, 0.4) is 0 Å². The fourth-order valence-corrected chi connectivity index (χ4v) is 2.46. The predicted molar refractivity (Wildman–Crippen MR) is 78.3 cm³/mol. The Kier molecular flexibility index (Phi) is 3.69. The second-order valence-corrected chi connectivity index (χ2v) is 5.48. The highest BCUT2D eigenvalue weighted by atomic mass is 19.1. The van der Waals surface area contributed by atoms with Crippen molar-refractivity contribution in [2.45, 2.75) is 32.4 Å². The van der Waals surface area contributed by atoms with Crippen LogP contribution in [0.25, 0.3) is 0 Å². The minimum absolute atomic E-state index is 0.0288. The largest absolute Gasteiger partial charge is 0.331 e. The quantitative estimate of drug-likeness (QED) is 0.862. The van der Waals surface area contributed by atoms with Crippen molar-refractivity contribution in [2.75, 3.05) is 0 Å². The van der Waals surface area contributed by atoms with E-state index in [2.05, 4.69) is 4.98 Å². The molecule has 1 saturated carbocycles. The molecular formula is C17H17FN2O. The number of halogens is 1. The van der Waals surface area contributed by atoms with Gasteiger partial charge in [-0.2, -0.15) is 0 Å². The van der Waals surface area contributed by atoms with Gasteiger partial charge in [-0.15, -0.1) is 0 Å². The molecule has 0 spiro atoms. The summed E-state index contributed by atoms with van der Waals surface area (Å²) in [5, 5.41) is 0. The third-order valence-corrected chi connectivity index (χ3v) is 3.74. The number of benzene rings is 1. The molecule has 4 heteroatoms. The van der Waals surface area contributed by atoms with Crippen molar-refractivity contribution in [1.29, 1.82) is 0 Å². The van der Waals surface area contributed by atoms with Crippen molar-refractivity contribution in [2.24, 2.45) is 0 Å². The third kappa shape index (κ3) is 3.10. The van der Waals surface area contributed by atoms with E-state index in [4.69, 9.17) is 0 Å². The van der Waals surface area contributed by atoms with Crippen molar-refractivity contribution in [1.82, 2.24) is 9.88 Å². The molecule has 1 fully saturated rings. The molecular weight excluding hydrogens is 267 g/mol. The molecule has 0 bridgehead atoms. The molecule has 1 aliphatic rings. The van der Waals surface area contributed by atoms with E-state index in [1.165, 1.54) is 12.1 Å². The lowest BCUT2D eigenvalue weighted by molar-refractivity contribution is 0.0729. The lowest BCUT2D eigenvalue weighted by atomic mass is 10.1. The van der Waals surface area contributed by atoms with Crippen molar-refractivity contribution < 1.29 is 9.18 Å². The first-order valence-corrected chi connectivity index (χ1v) is 7.11. The average molecular weight is 284 g/mol. The van der Waals surface area contributed by atoms with Gasteiger partial charge in [0, 0.05) is 30.5 Å². The zero-order chi connectivity index (χ0) is 14.8. The Labute approximate surface area is 123 Å². The molecule has 1 aromatic heterocycles. The number of rotatable bonds is 4. The summed E-state index contributed by atoms with van der Waals surface area (Å²) in [7, 11) is 0. The highest BCUT2D eigenvalue weighted by Crippen LogP contribution is 2.30. The number of hydrogen-bond donors (Lipinski definition) is 0. The first kappa shape index (κ1) is 13.7. The summed E-state index contributed by atoms with van der Waals surface area (Å²) in [6.45, 7) is 2.32. The second kappa shape index (κ2) is 5.64. The van der Waals surface area contributed by atoms with Crippen LogP contribution in [0.5, 0.6) is 0 Å². The van der Waals surface area contributed by atoms with Gasteiger partial charge >= 0.3 is 0 Å². The van der Waals surface area contributed by atoms with Gasteiger partial charge in [0.25, 0.3) is 5.91 Å². The molecule has 0 saturated heterocycles. The van der Waals surface area contributed by atoms with E-state index < -0.39 is 0 Å². The standard InChI is InChI=1S/C17H17FN2O/c1-12-9-14(18)4-7-16(12)17(21)20(15-5-6-15)11-13-3-2-8-19-10-13/h2-4,7-10,15H,5-6,11H2,1H3. The van der Waals surface area contributed by atoms with Crippen LogP contribution in [0.2, 0.25) is 0 Å². The van der Waals surface area contributed by atoms with Crippen LogP contribution in [0.15, 0.2) is 42.7 Å². The Balaban J connectivity index is 1.85. The molecule has 1 amide bonds. The molecule has 108 valence electrons. The normalized spacial score (nSPS) is 14.0. The lowest BCUT2D eigenvalue weighted by Crippen LogP contribution is -2.33. The molecule has 1 aliphatic carbocycles. The monoisotopic (exact) mass is 284 g/mol. The first-order valence-electron chi connectivity index (χ1n) is 7.11. The summed E-state index contributed by atoms with van der Waals surface area (Å²) in [4.78, 5) is 18.7. The molecule has 1 heterocycles. The van der Waals surface area contributed by atoms with E-state index in [1.54, 1.807) is 25.4 Å². The van der Waals surface area contributed by atoms with Crippen molar-refractivity contribution in [3.05, 3.63) is 65.2 Å². The van der Waals surface area contributed by atoms with Crippen LogP contribution in [0.4, 0.5) is 4.39 Å². The fraction of sp³-hybridized carbons (Fsp3) is 0.294. The van der Waals surface area contributed by atoms with E-state index in [-0.39, 0.29) is 11.7 Å². The third-order valence-electron chi connectivity index (χ3n) is 3.74. The Hall–Kier alpha value is -2.23. The topological polar surface area (TPSA) is 33.2 Å². The number of carbonyl (C=O) groups is 1. The summed E-state index contributed by atoms with van der Waals surface area (Å²) in [5.74, 6) is -0.340. The van der Waals surface area contributed by atoms with Gasteiger partial charge in [-0.05, 0) is 55.2 Å². The van der Waals surface area contributed by atoms with Crippen LogP contribution < -0.4 is 0 Å². The maximum absolute atomic E-state index is 13.2. The Morgan fingerprint density at radius 1 is 1.38 bits per heavy atom. The maximum Gasteiger partial charge on any atom is 0.254 e. The van der Waals surface area contributed by atoms with Gasteiger partial charge < -0.3 is 4.90 Å². The van der Waals surface area contributed by atoms with E-state index in [0.29, 0.717) is 23.7 Å². The molecule has 3 rings (SSSR count). The molecule has 21 heavy (non-hydrogen) atoms. The second-order valence-electron chi connectivity index (χ2n) is 5.48. The van der Waals surface area contributed by atoms with Crippen LogP contribution in [-0.4, -0.2) is 21.8 Å². The van der Waals surface area contributed by atoms with Gasteiger partial charge in [-0.1, -0.05) is 6.07 Å². The minimum Gasteiger partial charge on any atom is -0.331 e. The summed E-state index contributed by atoms with van der Waals surface area (Å²) in [6, 6.07) is 8.45. The first-order chi connectivity index (χ1) is 10.1. The van der Waals surface area contributed by atoms with E-state index in [1.807, 2.05) is 17.0 Å². The number of pyridine rings is 1. The zero-order valence-corrected chi connectivity index (χ0v) is 11.9. The Morgan fingerprint density at radius 2 is 2.19 bits per heavy atom. The molecule has 0 N–H and O–H groups in total. The Bertz CT molecular complexity index is 653. The predicted octanol–water partition coefficient (Wildman–Crippen LogP) is 3.33. The Morgan fingerprint density at radius 3 is 2.81 bits per heavy atom. The number of carbonyl (C=O) groups excluding carboxylic acids is 1. The van der Waals surface area contributed by atoms with E-state index >= 15 is 0 Å². The highest BCUT2D eigenvalue weighted by Gasteiger charge is 2.33. The molecule has 0 aliphatic heterocycles. The fourth-order valence-electron chi connectivity index (χ4n) is 2.46. The molecule has 0 unspecified atom stereocenters. The van der Waals surface area contributed by atoms with E-state index in [9.17, 15) is 9.18 Å². The molecule has 0 atom stereocenters. The van der Waals surface area contributed by atoms with Gasteiger partial charge in [0.2, 0.25) is 0 Å². The van der Waals surface area contributed by atoms with Crippen LogP contribution >= 0.6 is 0 Å². The highest BCUT2D eigenvalue weighted by molar-refractivity contribution is 5.96. The lowest BCUT2D eigenvalue weighted by Gasteiger charge is -2.23. The zero-order valence-electron chi connectivity index (χ0n) is 11.9. The SMILES string of the molecule is Cc1cc(F)ccc1C(=O)N(Cc1cccnc1)C1CC1. The number of aryl methyl sites for hydroxylation is 1. The number of hydrogen-bond acceptors (Lipinski definition) is 2. The number of aromatic nitrogens is 1. The summed E-state index contributed by atoms with van der Waals surface area (Å²) in [6.07, 6.45) is 5.57. The summed E-state index contributed by atoms with van der Waals surface area (Å²) < 4.78 is 13.2. The average Bonchev–Trinajstić information content (AvgIpc) is 3.30. The van der Waals surface area contributed by atoms with Gasteiger partial charge in [0.1, 0.15) is 5.82 Å². The molecule has 0 radical (unpaired) electrons. The van der Waals surface area contributed by atoms with Crippen LogP contribution in [-0.2, 0) is 6.54 Å². The number of amides is 1. The molecule has 3 nitrogen and oxygen atoms in total. The van der Waals surface area contributed by atoms with Crippen LogP contribution in [0, 0.1) is 12.7 Å². The number of nitrogens with zero attached hydrogens (tertiary/aromatic N) is 2. The van der Waals surface area contributed by atoms with Gasteiger partial charge in [-0.25, -0.2) is 4.39 Å². The van der Waals surface area contributed by atoms with Gasteiger partial charge in [-0.3, -0.25) is 9.78 Å². The maximum atomic E-state index is 13.2. The van der Waals surface area contributed by atoms with E-state index in [0.717, 1.165) is 18.4 Å². The summed E-state index contributed by atoms with van der Waals surface area (Å²) in [5.41, 5.74) is 2.27. The summed E-state index contributed by atoms with van der Waals surface area (Å²) >= 11 is 0. The van der Waals surface area contributed by atoms with Crippen molar-refractivity contribution in [3.8, 4) is 0 Å². The van der Waals surface area contributed by atoms with Crippen molar-refractivity contribution in [3.63, 3.8) is 0 Å². The van der Waals surface area contributed by atoms with Gasteiger partial charge in [0.05, 0.1) is 0 Å². The van der Waals surface area contributed by atoms with Crippen LogP contribution in [0.1, 0.15) is 34.3 Å². The van der Waals surface area contributed by atoms with Gasteiger partial charge in [0.15, 0.2) is 0 Å².